The zero-order chi connectivity index (χ0) is 12.9. The van der Waals surface area contributed by atoms with E-state index in [1.807, 2.05) is 20.8 Å². The Kier molecular flexibility index (Phi) is 4.78. The van der Waals surface area contributed by atoms with E-state index >= 15 is 0 Å². The highest BCUT2D eigenvalue weighted by molar-refractivity contribution is 5.68. The smallest absolute Gasteiger partial charge is 0.408 e. The Morgan fingerprint density at radius 2 is 1.94 bits per heavy atom. The normalized spacial score (nSPS) is 24.9. The summed E-state index contributed by atoms with van der Waals surface area (Å²) in [7, 11) is 0. The average molecular weight is 243 g/mol. The zero-order valence-electron chi connectivity index (χ0n) is 10.7. The van der Waals surface area contributed by atoms with Gasteiger partial charge in [0.15, 0.2) is 0 Å². The molecule has 0 bridgehead atoms. The summed E-state index contributed by atoms with van der Waals surface area (Å²) < 4.78 is 10.1. The summed E-state index contributed by atoms with van der Waals surface area (Å²) >= 11 is 0. The molecule has 0 aliphatic heterocycles. The Bertz CT molecular complexity index is 272. The molecule has 1 aliphatic rings. The quantitative estimate of drug-likeness (QED) is 0.770. The van der Waals surface area contributed by atoms with Gasteiger partial charge in [-0.05, 0) is 40.0 Å². The van der Waals surface area contributed by atoms with Gasteiger partial charge < -0.3 is 14.8 Å². The molecule has 98 valence electrons. The van der Waals surface area contributed by atoms with E-state index in [1.54, 1.807) is 0 Å². The Morgan fingerprint density at radius 1 is 1.29 bits per heavy atom. The molecule has 1 rings (SSSR count). The summed E-state index contributed by atoms with van der Waals surface area (Å²) in [5.74, 6) is 0. The minimum atomic E-state index is -0.514. The van der Waals surface area contributed by atoms with Crippen LogP contribution in [0.1, 0.15) is 46.5 Å². The van der Waals surface area contributed by atoms with Crippen LogP contribution in [0.25, 0.3) is 0 Å². The molecular weight excluding hydrogens is 222 g/mol. The van der Waals surface area contributed by atoms with Crippen LogP contribution in [0.4, 0.5) is 4.79 Å². The number of alkyl carbamates (subject to hydrolysis) is 1. The monoisotopic (exact) mass is 243 g/mol. The molecule has 0 unspecified atom stereocenters. The first kappa shape index (κ1) is 13.8. The SMILES string of the molecule is CC(C)(C)OC(=O)N[C@H]1CCCC[C@H]1OC=O. The van der Waals surface area contributed by atoms with E-state index in [1.165, 1.54) is 0 Å². The van der Waals surface area contributed by atoms with Crippen LogP contribution in [0.3, 0.4) is 0 Å². The second-order valence-electron chi connectivity index (χ2n) is 5.31. The Morgan fingerprint density at radius 3 is 2.53 bits per heavy atom. The van der Waals surface area contributed by atoms with Gasteiger partial charge in [0.05, 0.1) is 6.04 Å². The van der Waals surface area contributed by atoms with Crippen LogP contribution in [0, 0.1) is 0 Å². The first-order valence-corrected chi connectivity index (χ1v) is 6.01. The molecule has 1 amide bonds. The maximum Gasteiger partial charge on any atom is 0.408 e. The lowest BCUT2D eigenvalue weighted by atomic mass is 9.92. The van der Waals surface area contributed by atoms with Gasteiger partial charge >= 0.3 is 6.09 Å². The van der Waals surface area contributed by atoms with E-state index in [2.05, 4.69) is 5.32 Å². The largest absolute Gasteiger partial charge is 0.462 e. The van der Waals surface area contributed by atoms with Crippen LogP contribution >= 0.6 is 0 Å². The number of carbonyl (C=O) groups is 2. The summed E-state index contributed by atoms with van der Waals surface area (Å²) in [4.78, 5) is 22.0. The molecule has 5 nitrogen and oxygen atoms in total. The molecule has 1 saturated carbocycles. The van der Waals surface area contributed by atoms with Gasteiger partial charge in [-0.1, -0.05) is 6.42 Å². The van der Waals surface area contributed by atoms with Crippen LogP contribution in [0.15, 0.2) is 0 Å². The average Bonchev–Trinajstić information content (AvgIpc) is 2.18. The van der Waals surface area contributed by atoms with Gasteiger partial charge in [0.25, 0.3) is 6.47 Å². The third-order valence-corrected chi connectivity index (χ3v) is 2.64. The van der Waals surface area contributed by atoms with Crippen molar-refractivity contribution in [3.8, 4) is 0 Å². The summed E-state index contributed by atoms with van der Waals surface area (Å²) in [6.45, 7) is 5.88. The van der Waals surface area contributed by atoms with Crippen molar-refractivity contribution in [2.24, 2.45) is 0 Å². The van der Waals surface area contributed by atoms with Gasteiger partial charge in [-0.15, -0.1) is 0 Å². The topological polar surface area (TPSA) is 64.6 Å². The van der Waals surface area contributed by atoms with Crippen LogP contribution in [-0.4, -0.2) is 30.3 Å². The maximum absolute atomic E-state index is 11.6. The fourth-order valence-electron chi connectivity index (χ4n) is 1.96. The minimum Gasteiger partial charge on any atom is -0.462 e. The Labute approximate surface area is 102 Å². The number of ether oxygens (including phenoxy) is 2. The second-order valence-corrected chi connectivity index (χ2v) is 5.31. The van der Waals surface area contributed by atoms with Gasteiger partial charge in [-0.25, -0.2) is 4.79 Å². The highest BCUT2D eigenvalue weighted by Gasteiger charge is 2.29. The van der Waals surface area contributed by atoms with E-state index in [4.69, 9.17) is 9.47 Å². The first-order valence-electron chi connectivity index (χ1n) is 6.01. The summed E-state index contributed by atoms with van der Waals surface area (Å²) in [6, 6.07) is -0.135. The molecule has 1 fully saturated rings. The van der Waals surface area contributed by atoms with Crippen molar-refractivity contribution < 1.29 is 19.1 Å². The molecule has 5 heteroatoms. The molecular formula is C12H21NO4. The fourth-order valence-corrected chi connectivity index (χ4v) is 1.96. The van der Waals surface area contributed by atoms with Crippen molar-refractivity contribution in [1.82, 2.24) is 5.32 Å². The van der Waals surface area contributed by atoms with Crippen molar-refractivity contribution in [2.75, 3.05) is 0 Å². The van der Waals surface area contributed by atoms with Gasteiger partial charge in [0, 0.05) is 0 Å². The van der Waals surface area contributed by atoms with Crippen LogP contribution in [0.5, 0.6) is 0 Å². The molecule has 0 aromatic heterocycles. The van der Waals surface area contributed by atoms with Crippen LogP contribution in [-0.2, 0) is 14.3 Å². The molecule has 17 heavy (non-hydrogen) atoms. The van der Waals surface area contributed by atoms with E-state index in [-0.39, 0.29) is 12.1 Å². The number of carbonyl (C=O) groups excluding carboxylic acids is 2. The number of hydrogen-bond acceptors (Lipinski definition) is 4. The lowest BCUT2D eigenvalue weighted by Crippen LogP contribution is -2.47. The lowest BCUT2D eigenvalue weighted by molar-refractivity contribution is -0.136. The molecule has 0 saturated heterocycles. The summed E-state index contributed by atoms with van der Waals surface area (Å²) in [5.41, 5.74) is -0.514. The number of amides is 1. The Hall–Kier alpha value is -1.26. The highest BCUT2D eigenvalue weighted by Crippen LogP contribution is 2.21. The second kappa shape index (κ2) is 5.89. The van der Waals surface area contributed by atoms with Crippen molar-refractivity contribution >= 4 is 12.6 Å². The zero-order valence-corrected chi connectivity index (χ0v) is 10.7. The summed E-state index contributed by atoms with van der Waals surface area (Å²) in [6.07, 6.45) is 2.97. The van der Waals surface area contributed by atoms with E-state index in [0.717, 1.165) is 25.7 Å². The van der Waals surface area contributed by atoms with Crippen LogP contribution < -0.4 is 5.32 Å². The molecule has 0 heterocycles. The number of hydrogen-bond donors (Lipinski definition) is 1. The van der Waals surface area contributed by atoms with Crippen molar-refractivity contribution in [3.05, 3.63) is 0 Å². The van der Waals surface area contributed by atoms with Crippen molar-refractivity contribution in [1.29, 1.82) is 0 Å². The third-order valence-electron chi connectivity index (χ3n) is 2.64. The van der Waals surface area contributed by atoms with E-state index < -0.39 is 11.7 Å². The van der Waals surface area contributed by atoms with Gasteiger partial charge in [0.1, 0.15) is 11.7 Å². The van der Waals surface area contributed by atoms with E-state index in [0.29, 0.717) is 6.47 Å². The standard InChI is InChI=1S/C12H21NO4/c1-12(2,3)17-11(15)13-9-6-4-5-7-10(9)16-8-14/h8-10H,4-7H2,1-3H3,(H,13,15)/t9-,10+/m0/s1. The minimum absolute atomic E-state index is 0.135. The number of rotatable bonds is 3. The van der Waals surface area contributed by atoms with E-state index in [9.17, 15) is 9.59 Å². The molecule has 2 atom stereocenters. The molecule has 1 aliphatic carbocycles. The molecule has 0 aromatic carbocycles. The molecule has 0 radical (unpaired) electrons. The van der Waals surface area contributed by atoms with Crippen molar-refractivity contribution in [2.45, 2.75) is 64.2 Å². The van der Waals surface area contributed by atoms with Gasteiger partial charge in [-0.3, -0.25) is 4.79 Å². The number of nitrogens with one attached hydrogen (secondary N) is 1. The van der Waals surface area contributed by atoms with Gasteiger partial charge in [-0.2, -0.15) is 0 Å². The fraction of sp³-hybridized carbons (Fsp3) is 0.833. The highest BCUT2D eigenvalue weighted by atomic mass is 16.6. The van der Waals surface area contributed by atoms with Crippen molar-refractivity contribution in [3.63, 3.8) is 0 Å². The summed E-state index contributed by atoms with van der Waals surface area (Å²) in [5, 5.41) is 2.77. The Balaban J connectivity index is 2.47. The predicted molar refractivity (Wildman–Crippen MR) is 62.6 cm³/mol. The lowest BCUT2D eigenvalue weighted by Gasteiger charge is -2.31. The van der Waals surface area contributed by atoms with Gasteiger partial charge in [0.2, 0.25) is 0 Å². The maximum atomic E-state index is 11.6. The third kappa shape index (κ3) is 5.06. The molecule has 1 N–H and O–H groups in total. The first-order chi connectivity index (χ1) is 7.92. The molecule has 0 aromatic rings. The van der Waals surface area contributed by atoms with Crippen LogP contribution in [0.2, 0.25) is 0 Å². The predicted octanol–water partition coefficient (Wildman–Crippen LogP) is 2.00. The molecule has 0 spiro atoms.